The Labute approximate surface area is 215 Å². The molecule has 4 saturated heterocycles. The average molecular weight is 538 g/mol. The van der Waals surface area contributed by atoms with E-state index in [1.54, 1.807) is 0 Å². The summed E-state index contributed by atoms with van der Waals surface area (Å²) < 4.78 is 43.2. The van der Waals surface area contributed by atoms with Crippen LogP contribution in [0, 0.1) is 32.5 Å². The molecule has 0 N–H and O–H groups in total. The van der Waals surface area contributed by atoms with E-state index in [-0.39, 0.29) is 12.8 Å². The van der Waals surface area contributed by atoms with Crippen molar-refractivity contribution in [2.24, 2.45) is 32.5 Å². The predicted molar refractivity (Wildman–Crippen MR) is 113 cm³/mol. The lowest BCUT2D eigenvalue weighted by atomic mass is 9.43. The van der Waals surface area contributed by atoms with E-state index in [1.807, 2.05) is 0 Å². The van der Waals surface area contributed by atoms with Crippen LogP contribution in [0.5, 0.6) is 0 Å². The summed E-state index contributed by atoms with van der Waals surface area (Å²) in [4.78, 5) is 81.6. The topological polar surface area (TPSA) is 176 Å². The van der Waals surface area contributed by atoms with Gasteiger partial charge in [0.2, 0.25) is 0 Å². The third kappa shape index (κ3) is 1.79. The number of rotatable bonds is 6. The molecule has 10 atom stereocenters. The van der Waals surface area contributed by atoms with Gasteiger partial charge in [0.25, 0.3) is 0 Å². The lowest BCUT2D eigenvalue weighted by molar-refractivity contribution is -0.199. The highest BCUT2D eigenvalue weighted by Gasteiger charge is 3.11. The minimum Gasteiger partial charge on any atom is -0.468 e. The summed E-state index contributed by atoms with van der Waals surface area (Å²) in [6, 6.07) is 0. The first-order valence-corrected chi connectivity index (χ1v) is 11.8. The van der Waals surface area contributed by atoms with Crippen LogP contribution in [0.15, 0.2) is 0 Å². The second kappa shape index (κ2) is 6.84. The number of hydrogen-bond acceptors (Lipinski definition) is 14. The highest BCUT2D eigenvalue weighted by atomic mass is 16.6. The summed E-state index contributed by atoms with van der Waals surface area (Å²) in [5.74, 6) is -5.57. The fraction of sp³-hybridized carbons (Fsp3) is 0.750. The fourth-order valence-electron chi connectivity index (χ4n) is 9.24. The molecule has 6 rings (SSSR count). The average Bonchev–Trinajstić information content (AvgIpc) is 3.67. The number of carbonyl (C=O) groups is 6. The van der Waals surface area contributed by atoms with Crippen molar-refractivity contribution < 1.29 is 66.7 Å². The maximum Gasteiger partial charge on any atom is 0.318 e. The van der Waals surface area contributed by atoms with Crippen molar-refractivity contribution in [3.63, 3.8) is 0 Å². The van der Waals surface area contributed by atoms with Gasteiger partial charge in [0.05, 0.1) is 67.1 Å². The van der Waals surface area contributed by atoms with Gasteiger partial charge in [-0.25, -0.2) is 0 Å². The van der Waals surface area contributed by atoms with Crippen molar-refractivity contribution >= 4 is 35.8 Å². The molecule has 14 nitrogen and oxygen atoms in total. The SMILES string of the molecule is COC(=O)C12[C@H]3O[C@@H](C1(C(=O)OC)[C@H]1O[C@@H]2[C@]2(C(=O)OC)C[C@]12C(=O)OC)[C@]1(C(=O)OC)C[C@]31C(=O)OC. The van der Waals surface area contributed by atoms with E-state index < -0.39 is 92.7 Å². The van der Waals surface area contributed by atoms with E-state index in [9.17, 15) is 28.8 Å². The van der Waals surface area contributed by atoms with Gasteiger partial charge in [-0.1, -0.05) is 0 Å². The minimum absolute atomic E-state index is 0.179. The molecule has 2 unspecified atom stereocenters. The number of methoxy groups -OCH3 is 6. The Morgan fingerprint density at radius 1 is 0.447 bits per heavy atom. The van der Waals surface area contributed by atoms with Crippen LogP contribution in [0.3, 0.4) is 0 Å². The first kappa shape index (κ1) is 25.0. The second-order valence-electron chi connectivity index (χ2n) is 10.7. The third-order valence-electron chi connectivity index (χ3n) is 10.4. The van der Waals surface area contributed by atoms with Crippen LogP contribution in [-0.2, 0) is 66.7 Å². The molecule has 0 spiro atoms. The lowest BCUT2D eigenvalue weighted by Crippen LogP contribution is -2.73. The van der Waals surface area contributed by atoms with E-state index in [0.29, 0.717) is 0 Å². The van der Waals surface area contributed by atoms with E-state index >= 15 is 0 Å². The minimum atomic E-state index is -2.20. The van der Waals surface area contributed by atoms with Crippen molar-refractivity contribution in [3.05, 3.63) is 0 Å². The fourth-order valence-corrected chi connectivity index (χ4v) is 9.24. The molecule has 2 aliphatic carbocycles. The van der Waals surface area contributed by atoms with Crippen molar-refractivity contribution in [3.8, 4) is 0 Å². The van der Waals surface area contributed by atoms with Crippen LogP contribution in [0.4, 0.5) is 0 Å². The van der Waals surface area contributed by atoms with Gasteiger partial charge in [0.15, 0.2) is 0 Å². The number of carbonyl (C=O) groups excluding carboxylic acids is 6. The van der Waals surface area contributed by atoms with E-state index in [2.05, 4.69) is 0 Å². The third-order valence-corrected chi connectivity index (χ3v) is 10.4. The monoisotopic (exact) mass is 538 g/mol. The Kier molecular flexibility index (Phi) is 4.50. The van der Waals surface area contributed by atoms with Crippen LogP contribution in [-0.4, -0.2) is 103 Å². The molecule has 38 heavy (non-hydrogen) atoms. The van der Waals surface area contributed by atoms with Crippen LogP contribution in [0.1, 0.15) is 12.8 Å². The summed E-state index contributed by atoms with van der Waals surface area (Å²) in [6.07, 6.45) is -6.50. The molecule has 14 heteroatoms. The number of esters is 6. The molecule has 6 aliphatic rings. The molecule has 0 aromatic carbocycles. The van der Waals surface area contributed by atoms with Crippen LogP contribution < -0.4 is 0 Å². The van der Waals surface area contributed by atoms with Crippen molar-refractivity contribution in [1.82, 2.24) is 0 Å². The Bertz CT molecular complexity index is 1080. The standard InChI is InChI=1S/C24H26O14/c1-31-13(25)19-7-20(19,14(26)32-2)10-24(18(30)36-6)12-22(16(28)34-4)8-21(22,15(27)33-3)11(38-12)23(24,9(19)37-10)17(29)35-5/h9-12H,7-8H2,1-6H3/t9-,10+,11+,12-,19+,20-,21-,22+,23?,24?. The van der Waals surface area contributed by atoms with Crippen molar-refractivity contribution in [2.75, 3.05) is 42.7 Å². The number of fused-ring (bicyclic) bond motifs is 15. The maximum absolute atomic E-state index is 14.0. The first-order chi connectivity index (χ1) is 18.0. The highest BCUT2D eigenvalue weighted by Crippen LogP contribution is 2.95. The molecular formula is C24H26O14. The molecule has 0 radical (unpaired) electrons. The van der Waals surface area contributed by atoms with E-state index in [4.69, 9.17) is 37.9 Å². The summed E-state index contributed by atoms with van der Waals surface area (Å²) in [5, 5.41) is 0. The van der Waals surface area contributed by atoms with Gasteiger partial charge in [0, 0.05) is 0 Å². The Morgan fingerprint density at radius 3 is 0.842 bits per heavy atom. The van der Waals surface area contributed by atoms with Gasteiger partial charge in [-0.05, 0) is 12.8 Å². The predicted octanol–water partition coefficient (Wildman–Crippen LogP) is -1.69. The van der Waals surface area contributed by atoms with Crippen molar-refractivity contribution in [1.29, 1.82) is 0 Å². The zero-order valence-electron chi connectivity index (χ0n) is 21.4. The highest BCUT2D eigenvalue weighted by molar-refractivity contribution is 6.08. The van der Waals surface area contributed by atoms with Crippen LogP contribution >= 0.6 is 0 Å². The summed E-state index contributed by atoms with van der Waals surface area (Å²) in [7, 11) is 6.56. The van der Waals surface area contributed by atoms with Crippen molar-refractivity contribution in [2.45, 2.75) is 37.3 Å². The van der Waals surface area contributed by atoms with Gasteiger partial charge in [-0.3, -0.25) is 28.8 Å². The maximum atomic E-state index is 14.0. The Balaban J connectivity index is 1.71. The molecule has 0 aromatic rings. The Hall–Kier alpha value is -3.26. The smallest absolute Gasteiger partial charge is 0.318 e. The summed E-state index contributed by atoms with van der Waals surface area (Å²) >= 11 is 0. The molecule has 0 amide bonds. The number of hydrogen-bond donors (Lipinski definition) is 0. The molecule has 4 bridgehead atoms. The zero-order valence-corrected chi connectivity index (χ0v) is 21.4. The van der Waals surface area contributed by atoms with Gasteiger partial charge >= 0.3 is 35.8 Å². The normalized spacial score (nSPS) is 49.1. The van der Waals surface area contributed by atoms with Crippen LogP contribution in [0.2, 0.25) is 0 Å². The molecule has 206 valence electrons. The molecule has 4 heterocycles. The first-order valence-electron chi connectivity index (χ1n) is 11.8. The van der Waals surface area contributed by atoms with E-state index in [1.165, 1.54) is 0 Å². The zero-order chi connectivity index (χ0) is 27.8. The number of ether oxygens (including phenoxy) is 8. The molecule has 0 aromatic heterocycles. The molecule has 6 fully saturated rings. The van der Waals surface area contributed by atoms with Gasteiger partial charge in [0.1, 0.15) is 32.5 Å². The largest absolute Gasteiger partial charge is 0.468 e. The molecule has 4 aliphatic heterocycles. The van der Waals surface area contributed by atoms with Gasteiger partial charge in [-0.15, -0.1) is 0 Å². The summed E-state index contributed by atoms with van der Waals surface area (Å²) in [6.45, 7) is 0. The lowest BCUT2D eigenvalue weighted by Gasteiger charge is -2.51. The molecule has 2 saturated carbocycles. The summed E-state index contributed by atoms with van der Waals surface area (Å²) in [5.41, 5.74) is -11.5. The van der Waals surface area contributed by atoms with Gasteiger partial charge < -0.3 is 37.9 Å². The molecular weight excluding hydrogens is 512 g/mol. The Morgan fingerprint density at radius 2 is 0.658 bits per heavy atom. The van der Waals surface area contributed by atoms with Crippen LogP contribution in [0.25, 0.3) is 0 Å². The quantitative estimate of drug-likeness (QED) is 0.276. The second-order valence-corrected chi connectivity index (χ2v) is 10.7. The van der Waals surface area contributed by atoms with Gasteiger partial charge in [-0.2, -0.15) is 0 Å². The van der Waals surface area contributed by atoms with E-state index in [0.717, 1.165) is 42.7 Å².